The van der Waals surface area contributed by atoms with Crippen molar-refractivity contribution in [1.29, 1.82) is 0 Å². The summed E-state index contributed by atoms with van der Waals surface area (Å²) in [6.07, 6.45) is 0. The number of anilines is 3. The maximum absolute atomic E-state index is 3.69. The molecule has 1 aromatic heterocycles. The molecule has 0 saturated heterocycles. The molecule has 0 N–H and O–H groups in total. The van der Waals surface area contributed by atoms with Crippen LogP contribution in [0.3, 0.4) is 0 Å². The van der Waals surface area contributed by atoms with Crippen LogP contribution in [0.1, 0.15) is 49.9 Å². The highest BCUT2D eigenvalue weighted by molar-refractivity contribution is 9.52. The minimum atomic E-state index is -0.217. The van der Waals surface area contributed by atoms with Gasteiger partial charge in [0.25, 0.3) is 0 Å². The molecule has 54 heteroatoms. The van der Waals surface area contributed by atoms with E-state index in [4.69, 9.17) is 0 Å². The first kappa shape index (κ1) is 109. The van der Waals surface area contributed by atoms with Crippen LogP contribution >= 0.6 is 416 Å². The number of hydrogen-bond acceptors (Lipinski definition) is 1. The fourth-order valence-corrected chi connectivity index (χ4v) is 743. The largest absolute Gasteiger partial charge is 0.310 e. The highest BCUT2D eigenvalue weighted by atomic mass is 33.6. The Balaban J connectivity index is 0.000000230. The second kappa shape index (κ2) is 50.6. The third-order valence-corrected chi connectivity index (χ3v) is 378. The molecule has 2 aliphatic rings. The third-order valence-electron chi connectivity index (χ3n) is 18.5. The molecule has 12 rings (SSSR count). The van der Waals surface area contributed by atoms with Crippen molar-refractivity contribution in [2.24, 2.45) is 0 Å². The van der Waals surface area contributed by atoms with Crippen molar-refractivity contribution in [3.05, 3.63) is 229 Å². The Morgan fingerprint density at radius 2 is 0.553 bits per heavy atom. The summed E-state index contributed by atoms with van der Waals surface area (Å²) < 4.78 is 2.40. The predicted molar refractivity (Wildman–Crippen MR) is 697 cm³/mol. The molecule has 114 heavy (non-hydrogen) atoms. The maximum Gasteiger partial charge on any atom is 0.0541 e. The summed E-state index contributed by atoms with van der Waals surface area (Å²) in [7, 11) is 94.3. The average molecular weight is 2460 g/mol. The number of fused-ring (bicyclic) bond motifs is 9. The highest BCUT2D eigenvalue weighted by Crippen LogP contribution is 3.46. The molecule has 1 heterocycles. The van der Waals surface area contributed by atoms with Gasteiger partial charge in [-0.05, 0) is 296 Å². The van der Waals surface area contributed by atoms with E-state index in [1.165, 1.54) is 99.9 Å². The predicted octanol–water partition coefficient (Wildman–Crippen LogP) is 46.5. The number of hydrogen-bond donors (Lipinski definition) is 0. The van der Waals surface area contributed by atoms with Crippen LogP contribution in [0.25, 0.3) is 72.0 Å². The first-order valence-electron chi connectivity index (χ1n) is 33.6. The Hall–Kier alpha value is 14.9. The van der Waals surface area contributed by atoms with Crippen molar-refractivity contribution in [3.63, 3.8) is 0 Å². The summed E-state index contributed by atoms with van der Waals surface area (Å²) in [6, 6.07) is 76.4. The number of nitrogens with zero attached hydrogens (tertiary/aromatic N) is 2. The van der Waals surface area contributed by atoms with Gasteiger partial charge in [0.05, 0.1) is 22.4 Å². The van der Waals surface area contributed by atoms with Gasteiger partial charge >= 0.3 is 0 Å². The molecule has 0 radical (unpaired) electrons. The highest BCUT2D eigenvalue weighted by Gasteiger charge is 2.59. The van der Waals surface area contributed by atoms with E-state index < -0.39 is 0 Å². The Morgan fingerprint density at radius 1 is 0.246 bits per heavy atom. The van der Waals surface area contributed by atoms with Crippen LogP contribution in [-0.4, -0.2) is 4.57 Å². The van der Waals surface area contributed by atoms with Gasteiger partial charge in [-0.15, -0.1) is 241 Å². The summed E-state index contributed by atoms with van der Waals surface area (Å²) in [6.45, 7) is 5.10. The molecule has 0 bridgehead atoms. The average Bonchev–Trinajstić information content (AvgIpc) is 1.51. The smallest absolute Gasteiger partial charge is 0.0541 e. The van der Waals surface area contributed by atoms with Crippen molar-refractivity contribution >= 4 is 455 Å². The zero-order valence-electron chi connectivity index (χ0n) is 62.3. The molecule has 610 valence electrons. The Bertz CT molecular complexity index is 4660. The van der Waals surface area contributed by atoms with E-state index in [-0.39, 0.29) is 186 Å². The molecule has 2 nitrogen and oxygen atoms in total. The van der Waals surface area contributed by atoms with Gasteiger partial charge in [0.1, 0.15) is 0 Å². The lowest BCUT2D eigenvalue weighted by molar-refractivity contribution is 0.656. The van der Waals surface area contributed by atoms with E-state index in [0.29, 0.717) is 0 Å². The lowest BCUT2D eigenvalue weighted by atomic mass is 9.80. The zero-order chi connectivity index (χ0) is 83.2. The van der Waals surface area contributed by atoms with Crippen LogP contribution in [0.4, 0.5) is 17.1 Å². The minimum Gasteiger partial charge on any atom is -0.310 e. The van der Waals surface area contributed by atoms with Gasteiger partial charge < -0.3 is 9.47 Å². The van der Waals surface area contributed by atoms with Crippen molar-refractivity contribution < 1.29 is 0 Å². The van der Waals surface area contributed by atoms with E-state index in [0.717, 1.165) is 11.4 Å². The molecule has 9 aromatic carbocycles. The van der Waals surface area contributed by atoms with Gasteiger partial charge in [0, 0.05) is 33.0 Å². The molecular formula is C60H100N2P52. The minimum absolute atomic E-state index is 0.120. The van der Waals surface area contributed by atoms with Crippen molar-refractivity contribution in [2.75, 3.05) is 4.90 Å². The number of rotatable bonds is 30. The van der Waals surface area contributed by atoms with Gasteiger partial charge in [-0.25, -0.2) is 0 Å². The summed E-state index contributed by atoms with van der Waals surface area (Å²) in [5, 5.41) is 2.50. The standard InChI is InChI=1S/C60H46N2.H54P52/c1-59(2)51-23-11-8-18-45(51)48-21-14-26-55(57(48)59)62(56-27-15-22-49-46-19-9-12-24-52(46)60(3,4)58(49)56)44-35-30-41(31-36-44)42-32-37-54-50(38-42)47-20-10-13-25-53(47)61(54)43-33-28-40(29-34-43)39-16-6-5-7-17-39;1-28(2)41(27)48(42(29(3)4)30(5)6)51(47(39(23)24)40(25)26)52(49(43(31(7)8)32(9)10)44(33(11)12)34(13)14)50(45(35(15)16)36(17)18)46(37(19)20)38(21)22/h5-38H,1-4H3;1-27H2. The molecule has 2 aliphatic carbocycles. The Labute approximate surface area is 772 Å². The van der Waals surface area contributed by atoms with Gasteiger partial charge in [0.2, 0.25) is 0 Å². The lowest BCUT2D eigenvalue weighted by Crippen LogP contribution is -2.23. The van der Waals surface area contributed by atoms with E-state index >= 15 is 0 Å². The van der Waals surface area contributed by atoms with Crippen LogP contribution in [0.5, 0.6) is 0 Å². The Kier molecular flexibility index (Phi) is 48.5. The fraction of sp³-hybridized carbons (Fsp3) is 0.100. The molecule has 0 saturated carbocycles. The summed E-state index contributed by atoms with van der Waals surface area (Å²) >= 11 is 0. The van der Waals surface area contributed by atoms with E-state index in [1.54, 1.807) is 0 Å². The van der Waals surface area contributed by atoms with E-state index in [1.807, 2.05) is 0 Å². The SMILES string of the molecule is CC1(C)c2ccccc2-c2cccc(N(c3ccc(-c4ccc5c(c4)c4ccccc4n5-c4ccc(-c5ccccc5)cc4)cc3)c3cccc4c3C(C)(C)c3ccccc3-4)c21.PP(P)P(P)P(P(P(P)P)P(P)P)P(P(P(P)P)P(P)P)P(P(P(P(P)P)P(P)P)P(P(P)P)P(P)P)P(P(P(P)P)P(P)P)P(P(P)P)P(P)P. The topological polar surface area (TPSA) is 8.17 Å². The van der Waals surface area contributed by atoms with Crippen LogP contribution in [0.2, 0.25) is 0 Å². The van der Waals surface area contributed by atoms with E-state index in [9.17, 15) is 0 Å². The quantitative estimate of drug-likeness (QED) is 0.0407. The van der Waals surface area contributed by atoms with Crippen molar-refractivity contribution in [2.45, 2.75) is 38.5 Å². The fourth-order valence-electron chi connectivity index (χ4n) is 14.1. The molecule has 30 unspecified atom stereocenters. The zero-order valence-corrected chi connectivity index (χ0v) is 116. The second-order valence-electron chi connectivity index (χ2n) is 26.3. The normalized spacial score (nSPS) is 15.0. The van der Waals surface area contributed by atoms with Gasteiger partial charge in [-0.3, -0.25) is 0 Å². The number of para-hydroxylation sites is 1. The van der Waals surface area contributed by atoms with Gasteiger partial charge in [0.15, 0.2) is 0 Å². The molecule has 0 aliphatic heterocycles. The van der Waals surface area contributed by atoms with E-state index in [2.05, 4.69) is 484 Å². The molecule has 10 aromatic rings. The number of aromatic nitrogens is 1. The first-order chi connectivity index (χ1) is 53.9. The molecule has 0 spiro atoms. The second-order valence-corrected chi connectivity index (χ2v) is 240. The summed E-state index contributed by atoms with van der Waals surface area (Å²) in [5.74, 6) is 0. The number of benzene rings is 9. The molecule has 30 atom stereocenters. The first-order valence-corrected chi connectivity index (χ1v) is 128. The Morgan fingerprint density at radius 3 is 0.956 bits per heavy atom. The van der Waals surface area contributed by atoms with Gasteiger partial charge in [-0.1, -0.05) is 179 Å². The van der Waals surface area contributed by atoms with Crippen LogP contribution in [0.15, 0.2) is 206 Å². The summed E-state index contributed by atoms with van der Waals surface area (Å²) in [4.78, 5) is 2.56. The lowest BCUT2D eigenvalue weighted by Gasteiger charge is -2.58. The molecule has 0 fully saturated rings. The molecular weight excluding hydrogens is 2360 g/mol. The summed E-state index contributed by atoms with van der Waals surface area (Å²) in [5.41, 5.74) is 22.4. The van der Waals surface area contributed by atoms with Crippen molar-refractivity contribution in [3.8, 4) is 50.2 Å². The van der Waals surface area contributed by atoms with Gasteiger partial charge in [-0.2, -0.15) is 0 Å². The monoisotopic (exact) mass is 2460 g/mol. The molecule has 0 amide bonds. The van der Waals surface area contributed by atoms with Crippen molar-refractivity contribution in [1.82, 2.24) is 4.57 Å². The third kappa shape index (κ3) is 25.5. The maximum atomic E-state index is 3.69. The van der Waals surface area contributed by atoms with Crippen LogP contribution in [-0.2, 0) is 10.8 Å². The van der Waals surface area contributed by atoms with Crippen LogP contribution < -0.4 is 4.90 Å². The van der Waals surface area contributed by atoms with Crippen LogP contribution in [0, 0.1) is 0 Å².